The highest BCUT2D eigenvalue weighted by Crippen LogP contribution is 1.99. The summed E-state index contributed by atoms with van der Waals surface area (Å²) in [6.45, 7) is 5.77. The predicted octanol–water partition coefficient (Wildman–Crippen LogP) is 0.964. The van der Waals surface area contributed by atoms with E-state index in [4.69, 9.17) is 4.74 Å². The zero-order valence-electron chi connectivity index (χ0n) is 14.8. The van der Waals surface area contributed by atoms with Crippen LogP contribution < -0.4 is 10.6 Å². The van der Waals surface area contributed by atoms with E-state index in [1.807, 2.05) is 30.3 Å². The smallest absolute Gasteiger partial charge is 0.220 e. The molecule has 0 unspecified atom stereocenters. The van der Waals surface area contributed by atoms with E-state index in [1.54, 1.807) is 0 Å². The van der Waals surface area contributed by atoms with Crippen molar-refractivity contribution in [2.75, 3.05) is 45.9 Å². The van der Waals surface area contributed by atoms with Gasteiger partial charge in [0.1, 0.15) is 0 Å². The van der Waals surface area contributed by atoms with E-state index < -0.39 is 0 Å². The van der Waals surface area contributed by atoms with E-state index in [-0.39, 0.29) is 24.7 Å². The lowest BCUT2D eigenvalue weighted by molar-refractivity contribution is -0.126. The van der Waals surface area contributed by atoms with Crippen molar-refractivity contribution in [3.63, 3.8) is 0 Å². The molecule has 0 aliphatic carbocycles. The van der Waals surface area contributed by atoms with Gasteiger partial charge >= 0.3 is 0 Å². The van der Waals surface area contributed by atoms with Crippen molar-refractivity contribution in [1.82, 2.24) is 15.5 Å². The fourth-order valence-corrected chi connectivity index (χ4v) is 2.75. The number of morpholine rings is 1. The molecule has 6 nitrogen and oxygen atoms in total. The van der Waals surface area contributed by atoms with Crippen LogP contribution in [0, 0.1) is 0 Å². The highest BCUT2D eigenvalue weighted by atomic mass is 16.5. The molecule has 0 spiro atoms. The largest absolute Gasteiger partial charge is 0.379 e. The molecule has 2 amide bonds. The quantitative estimate of drug-likeness (QED) is 0.619. The lowest BCUT2D eigenvalue weighted by Gasteiger charge is -2.26. The van der Waals surface area contributed by atoms with E-state index in [1.165, 1.54) is 5.56 Å². The molecule has 1 aromatic rings. The molecule has 2 rings (SSSR count). The van der Waals surface area contributed by atoms with E-state index in [9.17, 15) is 9.59 Å². The van der Waals surface area contributed by atoms with Gasteiger partial charge in [-0.05, 0) is 24.9 Å². The minimum absolute atomic E-state index is 0.0554. The van der Waals surface area contributed by atoms with Crippen molar-refractivity contribution in [3.8, 4) is 0 Å². The molecular weight excluding hydrogens is 318 g/mol. The zero-order valence-corrected chi connectivity index (χ0v) is 14.8. The SMILES string of the molecule is O=C(CCC(=O)NCCc1ccccc1)NCCCN1CCOCC1. The number of ether oxygens (including phenoxy) is 1. The molecule has 2 N–H and O–H groups in total. The summed E-state index contributed by atoms with van der Waals surface area (Å²) in [5, 5.41) is 5.74. The Morgan fingerprint density at radius 3 is 2.28 bits per heavy atom. The minimum atomic E-state index is -0.0700. The Kier molecular flexibility index (Phi) is 9.01. The van der Waals surface area contributed by atoms with Crippen LogP contribution in [0.5, 0.6) is 0 Å². The van der Waals surface area contributed by atoms with E-state index in [0.29, 0.717) is 13.1 Å². The number of carbonyl (C=O) groups is 2. The third-order valence-electron chi connectivity index (χ3n) is 4.23. The minimum Gasteiger partial charge on any atom is -0.379 e. The van der Waals surface area contributed by atoms with Crippen LogP contribution in [0.15, 0.2) is 30.3 Å². The van der Waals surface area contributed by atoms with Gasteiger partial charge in [-0.2, -0.15) is 0 Å². The van der Waals surface area contributed by atoms with Gasteiger partial charge < -0.3 is 15.4 Å². The third-order valence-corrected chi connectivity index (χ3v) is 4.23. The number of nitrogens with zero attached hydrogens (tertiary/aromatic N) is 1. The maximum atomic E-state index is 11.8. The van der Waals surface area contributed by atoms with E-state index >= 15 is 0 Å². The van der Waals surface area contributed by atoms with Crippen molar-refractivity contribution in [1.29, 1.82) is 0 Å². The second-order valence-corrected chi connectivity index (χ2v) is 6.24. The first-order chi connectivity index (χ1) is 12.2. The molecule has 0 aromatic heterocycles. The lowest BCUT2D eigenvalue weighted by Crippen LogP contribution is -2.38. The van der Waals surface area contributed by atoms with E-state index in [2.05, 4.69) is 15.5 Å². The van der Waals surface area contributed by atoms with Crippen LogP contribution in [0.1, 0.15) is 24.8 Å². The van der Waals surface area contributed by atoms with Gasteiger partial charge in [0, 0.05) is 39.0 Å². The monoisotopic (exact) mass is 347 g/mol. The van der Waals surface area contributed by atoms with E-state index in [0.717, 1.165) is 45.7 Å². The predicted molar refractivity (Wildman–Crippen MR) is 97.3 cm³/mol. The van der Waals surface area contributed by atoms with Gasteiger partial charge in [-0.1, -0.05) is 30.3 Å². The average Bonchev–Trinajstić information content (AvgIpc) is 2.65. The molecule has 1 fully saturated rings. The Morgan fingerprint density at radius 1 is 0.960 bits per heavy atom. The van der Waals surface area contributed by atoms with Crippen molar-refractivity contribution >= 4 is 11.8 Å². The number of rotatable bonds is 10. The average molecular weight is 347 g/mol. The number of carbonyl (C=O) groups excluding carboxylic acids is 2. The standard InChI is InChI=1S/C19H29N3O3/c23-18(20-10-4-12-22-13-15-25-16-14-22)7-8-19(24)21-11-9-17-5-2-1-3-6-17/h1-3,5-6H,4,7-16H2,(H,20,23)(H,21,24). The number of hydrogen-bond donors (Lipinski definition) is 2. The van der Waals surface area contributed by atoms with Gasteiger partial charge in [0.25, 0.3) is 0 Å². The maximum Gasteiger partial charge on any atom is 0.220 e. The topological polar surface area (TPSA) is 70.7 Å². The first kappa shape index (κ1) is 19.4. The molecule has 1 aliphatic rings. The van der Waals surface area contributed by atoms with Crippen molar-refractivity contribution < 1.29 is 14.3 Å². The highest BCUT2D eigenvalue weighted by Gasteiger charge is 2.10. The zero-order chi connectivity index (χ0) is 17.7. The molecular formula is C19H29N3O3. The molecule has 1 aliphatic heterocycles. The van der Waals surface area contributed by atoms with Crippen LogP contribution >= 0.6 is 0 Å². The highest BCUT2D eigenvalue weighted by molar-refractivity contribution is 5.83. The van der Waals surface area contributed by atoms with Gasteiger partial charge in [-0.15, -0.1) is 0 Å². The van der Waals surface area contributed by atoms with Gasteiger partial charge in [-0.25, -0.2) is 0 Å². The summed E-state index contributed by atoms with van der Waals surface area (Å²) in [5.41, 5.74) is 1.20. The summed E-state index contributed by atoms with van der Waals surface area (Å²) in [7, 11) is 0. The molecule has 1 saturated heterocycles. The molecule has 25 heavy (non-hydrogen) atoms. The molecule has 0 saturated carbocycles. The summed E-state index contributed by atoms with van der Waals surface area (Å²) in [4.78, 5) is 25.9. The fraction of sp³-hybridized carbons (Fsp3) is 0.579. The van der Waals surface area contributed by atoms with Crippen LogP contribution in [0.4, 0.5) is 0 Å². The third kappa shape index (κ3) is 8.65. The summed E-state index contributed by atoms with van der Waals surface area (Å²) >= 11 is 0. The van der Waals surface area contributed by atoms with Crippen molar-refractivity contribution in [3.05, 3.63) is 35.9 Å². The summed E-state index contributed by atoms with van der Waals surface area (Å²) < 4.78 is 5.30. The lowest BCUT2D eigenvalue weighted by atomic mass is 10.1. The van der Waals surface area contributed by atoms with Crippen LogP contribution in [0.25, 0.3) is 0 Å². The molecule has 138 valence electrons. The van der Waals surface area contributed by atoms with Gasteiger partial charge in [0.2, 0.25) is 11.8 Å². The van der Waals surface area contributed by atoms with Crippen LogP contribution in [-0.2, 0) is 20.7 Å². The summed E-state index contributed by atoms with van der Waals surface area (Å²) in [5.74, 6) is -0.125. The maximum absolute atomic E-state index is 11.8. The molecule has 6 heteroatoms. The molecule has 1 heterocycles. The first-order valence-corrected chi connectivity index (χ1v) is 9.11. The Balaban J connectivity index is 1.45. The normalized spacial score (nSPS) is 14.9. The number of benzene rings is 1. The molecule has 1 aromatic carbocycles. The summed E-state index contributed by atoms with van der Waals surface area (Å²) in [6, 6.07) is 10.0. The Morgan fingerprint density at radius 2 is 1.60 bits per heavy atom. The first-order valence-electron chi connectivity index (χ1n) is 9.11. The Bertz CT molecular complexity index is 516. The molecule has 0 atom stereocenters. The van der Waals surface area contributed by atoms with Crippen LogP contribution in [0.3, 0.4) is 0 Å². The summed E-state index contributed by atoms with van der Waals surface area (Å²) in [6.07, 6.45) is 2.22. The van der Waals surface area contributed by atoms with Gasteiger partial charge in [-0.3, -0.25) is 14.5 Å². The second kappa shape index (κ2) is 11.6. The Hall–Kier alpha value is -1.92. The van der Waals surface area contributed by atoms with Crippen LogP contribution in [-0.4, -0.2) is 62.7 Å². The second-order valence-electron chi connectivity index (χ2n) is 6.24. The fourth-order valence-electron chi connectivity index (χ4n) is 2.75. The van der Waals surface area contributed by atoms with Gasteiger partial charge in [0.05, 0.1) is 13.2 Å². The molecule has 0 radical (unpaired) electrons. The van der Waals surface area contributed by atoms with Crippen LogP contribution in [0.2, 0.25) is 0 Å². The Labute approximate surface area is 149 Å². The molecule has 0 bridgehead atoms. The van der Waals surface area contributed by atoms with Crippen molar-refractivity contribution in [2.24, 2.45) is 0 Å². The number of amides is 2. The number of nitrogens with one attached hydrogen (secondary N) is 2. The van der Waals surface area contributed by atoms with Gasteiger partial charge in [0.15, 0.2) is 0 Å². The van der Waals surface area contributed by atoms with Crippen molar-refractivity contribution in [2.45, 2.75) is 25.7 Å². The number of hydrogen-bond acceptors (Lipinski definition) is 4.